The van der Waals surface area contributed by atoms with Crippen molar-refractivity contribution in [2.75, 3.05) is 11.1 Å². The predicted octanol–water partition coefficient (Wildman–Crippen LogP) is 3.41. The molecule has 8 heteroatoms. The number of carbonyl (C=O) groups is 1. The van der Waals surface area contributed by atoms with Crippen molar-refractivity contribution in [3.8, 4) is 17.1 Å². The summed E-state index contributed by atoms with van der Waals surface area (Å²) in [5.41, 5.74) is 0.946. The maximum Gasteiger partial charge on any atom is 0.224 e. The zero-order chi connectivity index (χ0) is 20.1. The molecule has 0 aliphatic heterocycles. The second-order valence-electron chi connectivity index (χ2n) is 6.11. The number of benzene rings is 2. The van der Waals surface area contributed by atoms with Crippen LogP contribution < -0.4 is 5.32 Å². The van der Waals surface area contributed by atoms with Crippen molar-refractivity contribution in [2.45, 2.75) is 24.7 Å². The second kappa shape index (κ2) is 8.26. The summed E-state index contributed by atoms with van der Waals surface area (Å²) in [6, 6.07) is 13.3. The number of aromatic hydroxyl groups is 1. The molecule has 0 radical (unpaired) electrons. The van der Waals surface area contributed by atoms with Gasteiger partial charge in [-0.2, -0.15) is 0 Å². The molecule has 0 bridgehead atoms. The molecular formula is C20H20N2O5S. The molecule has 7 nitrogen and oxygen atoms in total. The Kier molecular flexibility index (Phi) is 5.79. The molecule has 0 saturated carbocycles. The number of anilines is 1. The van der Waals surface area contributed by atoms with Crippen LogP contribution in [-0.4, -0.2) is 30.2 Å². The molecule has 0 spiro atoms. The maximum absolute atomic E-state index is 12.2. The Balaban J connectivity index is 1.64. The molecule has 0 saturated heterocycles. The predicted molar refractivity (Wildman–Crippen MR) is 105 cm³/mol. The monoisotopic (exact) mass is 400 g/mol. The van der Waals surface area contributed by atoms with Gasteiger partial charge in [-0.3, -0.25) is 4.79 Å². The van der Waals surface area contributed by atoms with Gasteiger partial charge in [-0.05, 0) is 18.2 Å². The van der Waals surface area contributed by atoms with E-state index in [9.17, 15) is 18.3 Å². The van der Waals surface area contributed by atoms with E-state index < -0.39 is 9.84 Å². The van der Waals surface area contributed by atoms with Gasteiger partial charge < -0.3 is 14.8 Å². The van der Waals surface area contributed by atoms with Crippen molar-refractivity contribution < 1.29 is 22.7 Å². The lowest BCUT2D eigenvalue weighted by molar-refractivity contribution is -0.116. The van der Waals surface area contributed by atoms with E-state index in [4.69, 9.17) is 4.42 Å². The largest absolute Gasteiger partial charge is 0.506 e. The summed E-state index contributed by atoms with van der Waals surface area (Å²) in [4.78, 5) is 16.4. The molecule has 2 aromatic carbocycles. The van der Waals surface area contributed by atoms with Crippen LogP contribution in [0.15, 0.2) is 64.0 Å². The van der Waals surface area contributed by atoms with E-state index in [2.05, 4.69) is 10.3 Å². The first-order valence-corrected chi connectivity index (χ1v) is 10.4. The quantitative estimate of drug-likeness (QED) is 0.588. The molecule has 2 N–H and O–H groups in total. The number of sulfone groups is 1. The number of amides is 1. The highest BCUT2D eigenvalue weighted by molar-refractivity contribution is 7.91. The van der Waals surface area contributed by atoms with Crippen molar-refractivity contribution in [1.82, 2.24) is 4.98 Å². The standard InChI is InChI=1S/C20H20N2O5S/c1-2-28(25,26)15-8-9-17(23)16(12-15)22-19(24)10-11-20-21-13-18(27-20)14-6-4-3-5-7-14/h3-9,12-13,23H,2,10-11H2,1H3,(H,22,24). The summed E-state index contributed by atoms with van der Waals surface area (Å²) >= 11 is 0. The Hall–Kier alpha value is -3.13. The van der Waals surface area contributed by atoms with E-state index in [1.54, 1.807) is 6.20 Å². The summed E-state index contributed by atoms with van der Waals surface area (Å²) < 4.78 is 29.6. The van der Waals surface area contributed by atoms with Gasteiger partial charge in [-0.1, -0.05) is 37.3 Å². The van der Waals surface area contributed by atoms with Crippen molar-refractivity contribution in [1.29, 1.82) is 0 Å². The van der Waals surface area contributed by atoms with Gasteiger partial charge in [-0.25, -0.2) is 13.4 Å². The molecule has 28 heavy (non-hydrogen) atoms. The van der Waals surface area contributed by atoms with Crippen LogP contribution in [0.25, 0.3) is 11.3 Å². The fraction of sp³-hybridized carbons (Fsp3) is 0.200. The number of aromatic nitrogens is 1. The molecule has 1 aromatic heterocycles. The van der Waals surface area contributed by atoms with Crippen LogP contribution in [-0.2, 0) is 21.1 Å². The highest BCUT2D eigenvalue weighted by Gasteiger charge is 2.16. The lowest BCUT2D eigenvalue weighted by Gasteiger charge is -2.09. The maximum atomic E-state index is 12.2. The molecular weight excluding hydrogens is 380 g/mol. The van der Waals surface area contributed by atoms with Crippen molar-refractivity contribution >= 4 is 21.4 Å². The van der Waals surface area contributed by atoms with Gasteiger partial charge in [0.2, 0.25) is 5.91 Å². The Morgan fingerprint density at radius 2 is 1.93 bits per heavy atom. The smallest absolute Gasteiger partial charge is 0.224 e. The van der Waals surface area contributed by atoms with Crippen molar-refractivity contribution in [3.63, 3.8) is 0 Å². The van der Waals surface area contributed by atoms with E-state index in [1.807, 2.05) is 30.3 Å². The third kappa shape index (κ3) is 4.58. The second-order valence-corrected chi connectivity index (χ2v) is 8.39. The average Bonchev–Trinajstić information content (AvgIpc) is 3.18. The highest BCUT2D eigenvalue weighted by Crippen LogP contribution is 2.27. The van der Waals surface area contributed by atoms with Gasteiger partial charge in [0.05, 0.1) is 22.5 Å². The van der Waals surface area contributed by atoms with Gasteiger partial charge >= 0.3 is 0 Å². The van der Waals surface area contributed by atoms with E-state index in [1.165, 1.54) is 25.1 Å². The molecule has 0 atom stereocenters. The van der Waals surface area contributed by atoms with Gasteiger partial charge in [0.1, 0.15) is 5.75 Å². The zero-order valence-electron chi connectivity index (χ0n) is 15.3. The Labute approximate surface area is 163 Å². The molecule has 3 aromatic rings. The Morgan fingerprint density at radius 3 is 2.64 bits per heavy atom. The van der Waals surface area contributed by atoms with Crippen LogP contribution in [0.5, 0.6) is 5.75 Å². The number of nitrogens with one attached hydrogen (secondary N) is 1. The minimum absolute atomic E-state index is 0.0447. The molecule has 3 rings (SSSR count). The topological polar surface area (TPSA) is 110 Å². The number of nitrogens with zero attached hydrogens (tertiary/aromatic N) is 1. The number of carbonyl (C=O) groups excluding carboxylic acids is 1. The van der Waals surface area contributed by atoms with Gasteiger partial charge in [0.25, 0.3) is 0 Å². The number of hydrogen-bond donors (Lipinski definition) is 2. The molecule has 1 amide bonds. The normalized spacial score (nSPS) is 11.3. The number of oxazole rings is 1. The molecule has 0 fully saturated rings. The van der Waals surface area contributed by atoms with Gasteiger partial charge in [0, 0.05) is 18.4 Å². The van der Waals surface area contributed by atoms with E-state index in [0.717, 1.165) is 5.56 Å². The lowest BCUT2D eigenvalue weighted by atomic mass is 10.2. The van der Waals surface area contributed by atoms with Crippen LogP contribution in [0.4, 0.5) is 5.69 Å². The molecule has 1 heterocycles. The third-order valence-corrected chi connectivity index (χ3v) is 5.89. The number of rotatable bonds is 7. The minimum atomic E-state index is -3.44. The minimum Gasteiger partial charge on any atom is -0.506 e. The summed E-state index contributed by atoms with van der Waals surface area (Å²) in [5, 5.41) is 12.4. The molecule has 0 unspecified atom stereocenters. The van der Waals surface area contributed by atoms with Crippen molar-refractivity contribution in [3.05, 3.63) is 60.6 Å². The van der Waals surface area contributed by atoms with Crippen LogP contribution in [0.3, 0.4) is 0 Å². The van der Waals surface area contributed by atoms with Crippen LogP contribution in [0.1, 0.15) is 19.2 Å². The van der Waals surface area contributed by atoms with Crippen LogP contribution >= 0.6 is 0 Å². The fourth-order valence-electron chi connectivity index (χ4n) is 2.57. The molecule has 0 aliphatic carbocycles. The van der Waals surface area contributed by atoms with Crippen LogP contribution in [0, 0.1) is 0 Å². The highest BCUT2D eigenvalue weighted by atomic mass is 32.2. The summed E-state index contributed by atoms with van der Waals surface area (Å²) in [6.45, 7) is 1.53. The SMILES string of the molecule is CCS(=O)(=O)c1ccc(O)c(NC(=O)CCc2ncc(-c3ccccc3)o2)c1. The first-order chi connectivity index (χ1) is 13.4. The summed E-state index contributed by atoms with van der Waals surface area (Å²) in [6.07, 6.45) is 1.94. The Bertz CT molecular complexity index is 1070. The number of phenols is 1. The first kappa shape index (κ1) is 19.6. The molecule has 0 aliphatic rings. The average molecular weight is 400 g/mol. The van der Waals surface area contributed by atoms with E-state index >= 15 is 0 Å². The summed E-state index contributed by atoms with van der Waals surface area (Å²) in [5.74, 6) is 0.373. The number of hydrogen-bond acceptors (Lipinski definition) is 6. The summed E-state index contributed by atoms with van der Waals surface area (Å²) in [7, 11) is -3.44. The van der Waals surface area contributed by atoms with Crippen LogP contribution in [0.2, 0.25) is 0 Å². The number of phenolic OH excluding ortho intramolecular Hbond substituents is 1. The third-order valence-electron chi connectivity index (χ3n) is 4.16. The van der Waals surface area contributed by atoms with Gasteiger partial charge in [0.15, 0.2) is 21.5 Å². The Morgan fingerprint density at radius 1 is 1.18 bits per heavy atom. The molecule has 146 valence electrons. The number of aryl methyl sites for hydroxylation is 1. The van der Waals surface area contributed by atoms with Gasteiger partial charge in [-0.15, -0.1) is 0 Å². The lowest BCUT2D eigenvalue weighted by Crippen LogP contribution is -2.13. The zero-order valence-corrected chi connectivity index (χ0v) is 16.1. The van der Waals surface area contributed by atoms with Crippen molar-refractivity contribution in [2.24, 2.45) is 0 Å². The van der Waals surface area contributed by atoms with E-state index in [-0.39, 0.29) is 40.8 Å². The fourth-order valence-corrected chi connectivity index (χ4v) is 3.48. The first-order valence-electron chi connectivity index (χ1n) is 8.75. The van der Waals surface area contributed by atoms with E-state index in [0.29, 0.717) is 11.7 Å².